The van der Waals surface area contributed by atoms with Crippen molar-refractivity contribution in [1.82, 2.24) is 4.90 Å². The number of hydrogen-bond acceptors (Lipinski definition) is 5. The maximum Gasteiger partial charge on any atom is 0.410 e. The Bertz CT molecular complexity index is 620. The lowest BCUT2D eigenvalue weighted by molar-refractivity contribution is -0.150. The summed E-state index contributed by atoms with van der Waals surface area (Å²) in [5, 5.41) is 0. The van der Waals surface area contributed by atoms with Gasteiger partial charge >= 0.3 is 12.1 Å². The molecule has 1 fully saturated rings. The van der Waals surface area contributed by atoms with E-state index in [9.17, 15) is 9.59 Å². The van der Waals surface area contributed by atoms with Crippen molar-refractivity contribution in [1.29, 1.82) is 0 Å². The molecule has 0 spiro atoms. The van der Waals surface area contributed by atoms with Crippen LogP contribution < -0.4 is 4.74 Å². The third-order valence-electron chi connectivity index (χ3n) is 4.40. The number of amides is 1. The first-order chi connectivity index (χ1) is 12.2. The lowest BCUT2D eigenvalue weighted by Gasteiger charge is -2.38. The smallest absolute Gasteiger partial charge is 0.410 e. The Kier molecular flexibility index (Phi) is 6.51. The molecule has 0 N–H and O–H groups in total. The van der Waals surface area contributed by atoms with Gasteiger partial charge < -0.3 is 19.1 Å². The van der Waals surface area contributed by atoms with Crippen LogP contribution in [-0.2, 0) is 14.3 Å². The highest BCUT2D eigenvalue weighted by molar-refractivity contribution is 5.76. The van der Waals surface area contributed by atoms with E-state index in [0.29, 0.717) is 26.1 Å². The van der Waals surface area contributed by atoms with E-state index in [2.05, 4.69) is 0 Å². The van der Waals surface area contributed by atoms with Crippen molar-refractivity contribution in [3.8, 4) is 5.75 Å². The number of likely N-dealkylation sites (tertiary alicyclic amines) is 1. The highest BCUT2D eigenvalue weighted by atomic mass is 16.6. The normalized spacial score (nSPS) is 20.4. The number of ether oxygens (including phenoxy) is 3. The van der Waals surface area contributed by atoms with Gasteiger partial charge in [0.05, 0.1) is 19.6 Å². The number of rotatable bonds is 4. The second-order valence-corrected chi connectivity index (χ2v) is 7.45. The molecule has 1 aromatic carbocycles. The van der Waals surface area contributed by atoms with Gasteiger partial charge in [0, 0.05) is 19.0 Å². The van der Waals surface area contributed by atoms with Crippen LogP contribution in [0.1, 0.15) is 45.6 Å². The molecular weight excluding hydrogens is 334 g/mol. The summed E-state index contributed by atoms with van der Waals surface area (Å²) in [4.78, 5) is 26.5. The number of piperidine rings is 1. The summed E-state index contributed by atoms with van der Waals surface area (Å²) in [7, 11) is 1.62. The first-order valence-electron chi connectivity index (χ1n) is 9.03. The van der Waals surface area contributed by atoms with Gasteiger partial charge in [-0.3, -0.25) is 4.79 Å². The van der Waals surface area contributed by atoms with E-state index in [4.69, 9.17) is 14.2 Å². The third-order valence-corrected chi connectivity index (χ3v) is 4.40. The second-order valence-electron chi connectivity index (χ2n) is 7.45. The lowest BCUT2D eigenvalue weighted by atomic mass is 9.80. The van der Waals surface area contributed by atoms with Gasteiger partial charge in [-0.25, -0.2) is 4.79 Å². The maximum absolute atomic E-state index is 12.5. The molecule has 26 heavy (non-hydrogen) atoms. The summed E-state index contributed by atoms with van der Waals surface area (Å²) < 4.78 is 15.9. The Morgan fingerprint density at radius 1 is 1.19 bits per heavy atom. The Labute approximate surface area is 155 Å². The van der Waals surface area contributed by atoms with Crippen LogP contribution in [0.25, 0.3) is 0 Å². The molecule has 0 bridgehead atoms. The van der Waals surface area contributed by atoms with Crippen LogP contribution >= 0.6 is 0 Å². The number of esters is 1. The zero-order valence-electron chi connectivity index (χ0n) is 16.3. The van der Waals surface area contributed by atoms with Crippen LogP contribution in [0.2, 0.25) is 0 Å². The molecule has 0 aromatic heterocycles. The van der Waals surface area contributed by atoms with Gasteiger partial charge in [-0.1, -0.05) is 12.1 Å². The molecule has 2 atom stereocenters. The predicted octanol–water partition coefficient (Wildman–Crippen LogP) is 3.60. The van der Waals surface area contributed by atoms with Crippen LogP contribution in [0.3, 0.4) is 0 Å². The van der Waals surface area contributed by atoms with Crippen molar-refractivity contribution in [2.45, 2.75) is 45.6 Å². The first kappa shape index (κ1) is 20.1. The van der Waals surface area contributed by atoms with Crippen molar-refractivity contribution in [3.63, 3.8) is 0 Å². The molecule has 1 aliphatic rings. The zero-order chi connectivity index (χ0) is 19.3. The Morgan fingerprint density at radius 2 is 1.85 bits per heavy atom. The number of methoxy groups -OCH3 is 1. The van der Waals surface area contributed by atoms with E-state index in [-0.39, 0.29) is 18.0 Å². The molecule has 0 saturated carbocycles. The molecule has 1 heterocycles. The van der Waals surface area contributed by atoms with Gasteiger partial charge in [-0.2, -0.15) is 0 Å². The van der Waals surface area contributed by atoms with Gasteiger partial charge in [0.1, 0.15) is 11.4 Å². The number of carbonyl (C=O) groups is 2. The van der Waals surface area contributed by atoms with E-state index in [1.807, 2.05) is 45.0 Å². The molecule has 6 nitrogen and oxygen atoms in total. The van der Waals surface area contributed by atoms with Crippen molar-refractivity contribution in [2.24, 2.45) is 5.92 Å². The zero-order valence-corrected chi connectivity index (χ0v) is 16.3. The van der Waals surface area contributed by atoms with Crippen LogP contribution in [0, 0.1) is 5.92 Å². The molecule has 0 unspecified atom stereocenters. The fourth-order valence-corrected chi connectivity index (χ4v) is 3.18. The molecule has 0 aliphatic carbocycles. The summed E-state index contributed by atoms with van der Waals surface area (Å²) in [5.41, 5.74) is 0.483. The molecule has 1 aliphatic heterocycles. The Balaban J connectivity index is 2.18. The molecule has 144 valence electrons. The van der Waals surface area contributed by atoms with Gasteiger partial charge in [0.2, 0.25) is 0 Å². The first-order valence-corrected chi connectivity index (χ1v) is 9.03. The van der Waals surface area contributed by atoms with Gasteiger partial charge in [-0.15, -0.1) is 0 Å². The van der Waals surface area contributed by atoms with Crippen molar-refractivity contribution < 1.29 is 23.8 Å². The quantitative estimate of drug-likeness (QED) is 0.765. The summed E-state index contributed by atoms with van der Waals surface area (Å²) in [6.07, 6.45) is 0.287. The highest BCUT2D eigenvalue weighted by Gasteiger charge is 2.39. The molecular formula is C20H29NO5. The van der Waals surface area contributed by atoms with Crippen LogP contribution in [0.4, 0.5) is 4.79 Å². The van der Waals surface area contributed by atoms with Crippen LogP contribution in [0.5, 0.6) is 5.75 Å². The Hall–Kier alpha value is -2.24. The summed E-state index contributed by atoms with van der Waals surface area (Å²) in [5.74, 6) is 0.0810. The molecule has 1 saturated heterocycles. The minimum Gasteiger partial charge on any atom is -0.497 e. The maximum atomic E-state index is 12.5. The molecule has 1 aromatic rings. The van der Waals surface area contributed by atoms with Gasteiger partial charge in [0.25, 0.3) is 0 Å². The van der Waals surface area contributed by atoms with Crippen molar-refractivity contribution >= 4 is 12.1 Å². The average molecular weight is 363 g/mol. The molecule has 0 radical (unpaired) electrons. The van der Waals surface area contributed by atoms with E-state index in [1.165, 1.54) is 0 Å². The molecule has 6 heteroatoms. The van der Waals surface area contributed by atoms with E-state index in [1.54, 1.807) is 18.9 Å². The Morgan fingerprint density at radius 3 is 2.38 bits per heavy atom. The second kappa shape index (κ2) is 8.43. The molecule has 2 rings (SSSR count). The topological polar surface area (TPSA) is 65.1 Å². The lowest BCUT2D eigenvalue weighted by Crippen LogP contribution is -2.47. The van der Waals surface area contributed by atoms with Crippen LogP contribution in [0.15, 0.2) is 24.3 Å². The number of benzene rings is 1. The highest BCUT2D eigenvalue weighted by Crippen LogP contribution is 2.35. The predicted molar refractivity (Wildman–Crippen MR) is 98.3 cm³/mol. The van der Waals surface area contributed by atoms with Gasteiger partial charge in [-0.05, 0) is 51.8 Å². The molecule has 1 amide bonds. The van der Waals surface area contributed by atoms with Crippen molar-refractivity contribution in [3.05, 3.63) is 29.8 Å². The minimum absolute atomic E-state index is 0.00126. The number of nitrogens with zero attached hydrogens (tertiary/aromatic N) is 1. The standard InChI is InChI=1S/C20H29NO5/c1-6-25-18(22)17-13-21(19(23)26-20(2,3)4)12-11-16(17)14-7-9-15(24-5)10-8-14/h7-10,16-17H,6,11-13H2,1-5H3/t16-,17-/m0/s1. The average Bonchev–Trinajstić information content (AvgIpc) is 2.60. The summed E-state index contributed by atoms with van der Waals surface area (Å²) in [6, 6.07) is 7.72. The number of carbonyl (C=O) groups excluding carboxylic acids is 2. The fraction of sp³-hybridized carbons (Fsp3) is 0.600. The summed E-state index contributed by atoms with van der Waals surface area (Å²) in [6.45, 7) is 8.44. The third kappa shape index (κ3) is 5.13. The largest absolute Gasteiger partial charge is 0.497 e. The summed E-state index contributed by atoms with van der Waals surface area (Å²) >= 11 is 0. The minimum atomic E-state index is -0.566. The van der Waals surface area contributed by atoms with E-state index in [0.717, 1.165) is 11.3 Å². The van der Waals surface area contributed by atoms with Crippen LogP contribution in [-0.4, -0.2) is 49.4 Å². The van der Waals surface area contributed by atoms with Crippen molar-refractivity contribution in [2.75, 3.05) is 26.8 Å². The fourth-order valence-electron chi connectivity index (χ4n) is 3.18. The SMILES string of the molecule is CCOC(=O)[C@H]1CN(C(=O)OC(C)(C)C)CC[C@H]1c1ccc(OC)cc1. The van der Waals surface area contributed by atoms with E-state index < -0.39 is 11.5 Å². The van der Waals surface area contributed by atoms with E-state index >= 15 is 0 Å². The van der Waals surface area contributed by atoms with Gasteiger partial charge in [0.15, 0.2) is 0 Å². The number of hydrogen-bond donors (Lipinski definition) is 0. The monoisotopic (exact) mass is 363 g/mol.